The molecule has 0 aromatic heterocycles. The molecule has 3 heteroatoms. The summed E-state index contributed by atoms with van der Waals surface area (Å²) in [4.78, 5) is 0. The largest absolute Gasteiger partial charge is 0.358 e. The summed E-state index contributed by atoms with van der Waals surface area (Å²) in [7, 11) is 0. The van der Waals surface area contributed by atoms with Crippen LogP contribution >= 0.6 is 0 Å². The fraction of sp³-hybridized carbons (Fsp3) is 0.385. The van der Waals surface area contributed by atoms with E-state index >= 15 is 0 Å². The van der Waals surface area contributed by atoms with Gasteiger partial charge >= 0.3 is 0 Å². The summed E-state index contributed by atoms with van der Waals surface area (Å²) in [5, 5.41) is 0. The molecule has 0 unspecified atom stereocenters. The zero-order chi connectivity index (χ0) is 8.95. The van der Waals surface area contributed by atoms with Crippen molar-refractivity contribution < 1.29 is 98.1 Å². The van der Waals surface area contributed by atoms with Gasteiger partial charge in [-0.15, -0.1) is 0 Å². The Kier molecular flexibility index (Phi) is 140. The summed E-state index contributed by atoms with van der Waals surface area (Å²) in [6.45, 7) is 11.0. The predicted molar refractivity (Wildman–Crippen MR) is 67.0 cm³/mol. The van der Waals surface area contributed by atoms with Gasteiger partial charge in [-0.2, -0.15) is 12.8 Å². The van der Waals surface area contributed by atoms with Crippen molar-refractivity contribution in [2.24, 2.45) is 0 Å². The van der Waals surface area contributed by atoms with E-state index in [2.05, 4.69) is 38.2 Å². The van der Waals surface area contributed by atoms with Crippen molar-refractivity contribution in [1.29, 1.82) is 0 Å². The molecule has 0 heterocycles. The van der Waals surface area contributed by atoms with E-state index < -0.39 is 0 Å². The monoisotopic (exact) mass is 449 g/mol. The fourth-order valence-corrected chi connectivity index (χ4v) is 0.393. The molecule has 0 atom stereocenters. The van der Waals surface area contributed by atoms with Gasteiger partial charge in [0, 0.05) is 98.1 Å². The molecule has 1 aliphatic rings. The molecule has 0 spiro atoms. The average Bonchev–Trinajstić information content (AvgIpc) is 2.44. The maximum absolute atomic E-state index is 3.49. The van der Waals surface area contributed by atoms with Gasteiger partial charge in [0.25, 0.3) is 0 Å². The molecule has 0 aliphatic heterocycles. The van der Waals surface area contributed by atoms with E-state index in [1.165, 1.54) is 0 Å². The summed E-state index contributed by atoms with van der Waals surface area (Å²) in [6.07, 6.45) is 11.5. The third kappa shape index (κ3) is 69.0. The van der Waals surface area contributed by atoms with E-state index in [0.717, 1.165) is 19.3 Å². The number of hydrogen-bond acceptors (Lipinski definition) is 0. The SMILES string of the molecule is C1=CCC=C1.[CH2-]CC.[CH2-]CC.[CH3-].[CH3-].[Y].[Y].[Y]. The van der Waals surface area contributed by atoms with Gasteiger partial charge in [-0.25, -0.2) is 0 Å². The molecule has 0 N–H and O–H groups in total. The van der Waals surface area contributed by atoms with E-state index in [9.17, 15) is 0 Å². The van der Waals surface area contributed by atoms with Crippen LogP contribution in [0.4, 0.5) is 0 Å². The Morgan fingerprint density at radius 3 is 1.06 bits per heavy atom. The minimum absolute atomic E-state index is 0. The number of allylic oxidation sites excluding steroid dienone is 4. The van der Waals surface area contributed by atoms with E-state index in [0.29, 0.717) is 0 Å². The molecule has 1 aliphatic carbocycles. The predicted octanol–water partition coefficient (Wildman–Crippen LogP) is 4.86. The molecule has 3 radical (unpaired) electrons. The standard InChI is InChI=1S/C5H6.2C3H7.2CH3.3Y/c1-2-4-5-3-1;2*1-3-2;;;;;/h1-4H,5H2;2*1,3H2,2H3;2*1H3;;;/q;4*-1;;;. The molecule has 0 fully saturated rings. The maximum atomic E-state index is 3.49. The van der Waals surface area contributed by atoms with Crippen LogP contribution in [0.15, 0.2) is 24.3 Å². The number of hydrogen-bond donors (Lipinski definition) is 0. The summed E-state index contributed by atoms with van der Waals surface area (Å²) < 4.78 is 0. The third-order valence-corrected chi connectivity index (χ3v) is 0.655. The van der Waals surface area contributed by atoms with Crippen molar-refractivity contribution >= 4 is 0 Å². The van der Waals surface area contributed by atoms with Crippen LogP contribution in [0.25, 0.3) is 0 Å². The zero-order valence-electron chi connectivity index (χ0n) is 11.6. The van der Waals surface area contributed by atoms with Crippen LogP contribution in [0.1, 0.15) is 33.1 Å². The first-order chi connectivity index (χ1) is 5.33. The van der Waals surface area contributed by atoms with Gasteiger partial charge in [0.2, 0.25) is 0 Å². The van der Waals surface area contributed by atoms with Crippen LogP contribution in [-0.2, 0) is 98.1 Å². The van der Waals surface area contributed by atoms with Crippen molar-refractivity contribution in [3.05, 3.63) is 53.0 Å². The van der Waals surface area contributed by atoms with Crippen molar-refractivity contribution in [3.63, 3.8) is 0 Å². The second-order valence-corrected chi connectivity index (χ2v) is 2.09. The Bertz CT molecular complexity index is 87.4. The van der Waals surface area contributed by atoms with Gasteiger partial charge < -0.3 is 28.7 Å². The minimum Gasteiger partial charge on any atom is -0.358 e. The first-order valence-corrected chi connectivity index (χ1v) is 4.23. The zero-order valence-corrected chi connectivity index (χ0v) is 20.1. The Morgan fingerprint density at radius 1 is 0.812 bits per heavy atom. The molecule has 0 aromatic rings. The molecule has 0 saturated carbocycles. The first-order valence-electron chi connectivity index (χ1n) is 4.23. The molecule has 16 heavy (non-hydrogen) atoms. The van der Waals surface area contributed by atoms with E-state index in [-0.39, 0.29) is 113 Å². The fourth-order valence-electron chi connectivity index (χ4n) is 0.393. The van der Waals surface area contributed by atoms with Crippen LogP contribution < -0.4 is 0 Å². The molecule has 0 saturated heterocycles. The summed E-state index contributed by atoms with van der Waals surface area (Å²) >= 11 is 0. The van der Waals surface area contributed by atoms with Gasteiger partial charge in [0.15, 0.2) is 0 Å². The van der Waals surface area contributed by atoms with E-state index in [1.807, 2.05) is 13.8 Å². The Labute approximate surface area is 181 Å². The normalized spacial score (nSPS) is 7.75. The van der Waals surface area contributed by atoms with Gasteiger partial charge in [0.05, 0.1) is 0 Å². The van der Waals surface area contributed by atoms with Gasteiger partial charge in [-0.05, 0) is 6.42 Å². The molecular formula is C13H26Y3-4. The first kappa shape index (κ1) is 42.8. The van der Waals surface area contributed by atoms with Crippen LogP contribution in [-0.4, -0.2) is 0 Å². The Balaban J connectivity index is -0.0000000137. The van der Waals surface area contributed by atoms with Gasteiger partial charge in [-0.1, -0.05) is 38.2 Å². The summed E-state index contributed by atoms with van der Waals surface area (Å²) in [5.74, 6) is 0. The van der Waals surface area contributed by atoms with Crippen molar-refractivity contribution in [2.75, 3.05) is 0 Å². The second kappa shape index (κ2) is 52.3. The summed E-state index contributed by atoms with van der Waals surface area (Å²) in [6, 6.07) is 0. The molecule has 91 valence electrons. The third-order valence-electron chi connectivity index (χ3n) is 0.655. The smallest absolute Gasteiger partial charge is 0 e. The van der Waals surface area contributed by atoms with Crippen LogP contribution in [0.5, 0.6) is 0 Å². The van der Waals surface area contributed by atoms with E-state index in [1.54, 1.807) is 0 Å². The molecule has 0 nitrogen and oxygen atoms in total. The van der Waals surface area contributed by atoms with Gasteiger partial charge in [-0.3, -0.25) is 0 Å². The molecule has 0 bridgehead atoms. The molecule has 0 amide bonds. The van der Waals surface area contributed by atoms with Gasteiger partial charge in [0.1, 0.15) is 0 Å². The van der Waals surface area contributed by atoms with Crippen LogP contribution in [0.3, 0.4) is 0 Å². The summed E-state index contributed by atoms with van der Waals surface area (Å²) in [5.41, 5.74) is 0. The molecular weight excluding hydrogens is 423 g/mol. The Morgan fingerprint density at radius 2 is 1.00 bits per heavy atom. The molecule has 1 rings (SSSR count). The minimum atomic E-state index is 0. The second-order valence-electron chi connectivity index (χ2n) is 2.09. The van der Waals surface area contributed by atoms with Crippen molar-refractivity contribution in [2.45, 2.75) is 33.1 Å². The topological polar surface area (TPSA) is 0 Å². The maximum Gasteiger partial charge on any atom is 0 e. The van der Waals surface area contributed by atoms with Crippen molar-refractivity contribution in [1.82, 2.24) is 0 Å². The average molecular weight is 449 g/mol. The van der Waals surface area contributed by atoms with Crippen LogP contribution in [0, 0.1) is 28.7 Å². The molecule has 0 aromatic carbocycles. The van der Waals surface area contributed by atoms with Crippen LogP contribution in [0.2, 0.25) is 0 Å². The van der Waals surface area contributed by atoms with E-state index in [4.69, 9.17) is 0 Å². The number of rotatable bonds is 0. The van der Waals surface area contributed by atoms with Crippen molar-refractivity contribution in [3.8, 4) is 0 Å². The Hall–Kier alpha value is 2.79. The quantitative estimate of drug-likeness (QED) is 0.464.